The summed E-state index contributed by atoms with van der Waals surface area (Å²) in [4.78, 5) is 53.4. The molecule has 32 heavy (non-hydrogen) atoms. The second kappa shape index (κ2) is 7.95. The molecule has 0 aliphatic heterocycles. The maximum Gasteiger partial charge on any atom is 0.343 e. The zero-order valence-corrected chi connectivity index (χ0v) is 17.2. The van der Waals surface area contributed by atoms with Gasteiger partial charge in [0.15, 0.2) is 5.65 Å². The standard InChI is InChI=1S/C21H16N4O7/c1-30-19(27)11-6-12(20(28)31-2)8-13(7-11)24-5-4-16-14(18(24)26)9-22-17-15(21(29)32-3)10-23-25(16)17/h4-10H,1-3H3. The SMILES string of the molecule is COC(=O)c1cc(C(=O)OC)cc(-n2ccc3c(cnc4c(C(=O)OC)cnn43)c2=O)c1. The molecule has 0 saturated carbocycles. The lowest BCUT2D eigenvalue weighted by molar-refractivity contribution is 0.0588. The molecular weight excluding hydrogens is 420 g/mol. The van der Waals surface area contributed by atoms with Crippen LogP contribution in [0.15, 0.2) is 47.7 Å². The topological polar surface area (TPSA) is 131 Å². The number of carbonyl (C=O) groups excluding carboxylic acids is 3. The normalized spacial score (nSPS) is 10.8. The molecule has 0 atom stereocenters. The van der Waals surface area contributed by atoms with E-state index in [0.29, 0.717) is 5.52 Å². The number of hydrogen-bond donors (Lipinski definition) is 0. The van der Waals surface area contributed by atoms with E-state index in [1.54, 1.807) is 6.07 Å². The predicted octanol–water partition coefficient (Wildman–Crippen LogP) is 1.39. The molecule has 0 saturated heterocycles. The molecule has 0 amide bonds. The summed E-state index contributed by atoms with van der Waals surface area (Å²) in [5, 5.41) is 4.34. The monoisotopic (exact) mass is 436 g/mol. The summed E-state index contributed by atoms with van der Waals surface area (Å²) < 4.78 is 16.8. The van der Waals surface area contributed by atoms with E-state index >= 15 is 0 Å². The molecule has 3 aromatic heterocycles. The van der Waals surface area contributed by atoms with Gasteiger partial charge in [-0.15, -0.1) is 0 Å². The van der Waals surface area contributed by atoms with E-state index < -0.39 is 23.5 Å². The summed E-state index contributed by atoms with van der Waals surface area (Å²) in [6.45, 7) is 0. The fourth-order valence-corrected chi connectivity index (χ4v) is 3.30. The Morgan fingerprint density at radius 1 is 0.875 bits per heavy atom. The van der Waals surface area contributed by atoms with E-state index in [0.717, 1.165) is 0 Å². The summed E-state index contributed by atoms with van der Waals surface area (Å²) in [6, 6.07) is 5.75. The summed E-state index contributed by atoms with van der Waals surface area (Å²) in [5.41, 5.74) is 0.709. The van der Waals surface area contributed by atoms with Crippen LogP contribution in [0.1, 0.15) is 31.1 Å². The van der Waals surface area contributed by atoms with Crippen LogP contribution in [-0.4, -0.2) is 58.4 Å². The summed E-state index contributed by atoms with van der Waals surface area (Å²) >= 11 is 0. The van der Waals surface area contributed by atoms with Crippen molar-refractivity contribution in [2.75, 3.05) is 21.3 Å². The highest BCUT2D eigenvalue weighted by atomic mass is 16.5. The van der Waals surface area contributed by atoms with Crippen molar-refractivity contribution in [3.63, 3.8) is 0 Å². The Morgan fingerprint density at radius 2 is 1.50 bits per heavy atom. The van der Waals surface area contributed by atoms with Crippen LogP contribution in [0, 0.1) is 0 Å². The van der Waals surface area contributed by atoms with Gasteiger partial charge in [-0.3, -0.25) is 9.36 Å². The molecule has 1 aromatic carbocycles. The molecule has 0 spiro atoms. The summed E-state index contributed by atoms with van der Waals surface area (Å²) in [7, 11) is 3.66. The van der Waals surface area contributed by atoms with Gasteiger partial charge in [0.2, 0.25) is 0 Å². The number of aromatic nitrogens is 4. The highest BCUT2D eigenvalue weighted by Crippen LogP contribution is 2.19. The van der Waals surface area contributed by atoms with Crippen LogP contribution < -0.4 is 5.56 Å². The average Bonchev–Trinajstić information content (AvgIpc) is 3.27. The number of hydrogen-bond acceptors (Lipinski definition) is 9. The van der Waals surface area contributed by atoms with E-state index in [1.807, 2.05) is 0 Å². The van der Waals surface area contributed by atoms with Crippen LogP contribution in [0.3, 0.4) is 0 Å². The first-order valence-electron chi connectivity index (χ1n) is 9.18. The van der Waals surface area contributed by atoms with Crippen molar-refractivity contribution in [2.24, 2.45) is 0 Å². The van der Waals surface area contributed by atoms with Crippen molar-refractivity contribution in [2.45, 2.75) is 0 Å². The molecule has 162 valence electrons. The van der Waals surface area contributed by atoms with Gasteiger partial charge in [-0.05, 0) is 24.3 Å². The van der Waals surface area contributed by atoms with E-state index in [1.165, 1.54) is 67.2 Å². The number of rotatable bonds is 4. The number of ether oxygens (including phenoxy) is 3. The number of benzene rings is 1. The molecule has 0 unspecified atom stereocenters. The van der Waals surface area contributed by atoms with Crippen LogP contribution in [0.25, 0.3) is 22.2 Å². The van der Waals surface area contributed by atoms with Gasteiger partial charge >= 0.3 is 17.9 Å². The molecule has 11 nitrogen and oxygen atoms in total. The van der Waals surface area contributed by atoms with E-state index in [4.69, 9.17) is 14.2 Å². The van der Waals surface area contributed by atoms with Crippen molar-refractivity contribution in [3.05, 3.63) is 69.9 Å². The highest BCUT2D eigenvalue weighted by molar-refractivity contribution is 5.97. The Bertz CT molecular complexity index is 1430. The van der Waals surface area contributed by atoms with Crippen LogP contribution >= 0.6 is 0 Å². The quantitative estimate of drug-likeness (QED) is 0.344. The lowest BCUT2D eigenvalue weighted by Gasteiger charge is -2.11. The zero-order valence-electron chi connectivity index (χ0n) is 17.2. The second-order valence-corrected chi connectivity index (χ2v) is 6.58. The largest absolute Gasteiger partial charge is 0.465 e. The molecule has 4 rings (SSSR count). The summed E-state index contributed by atoms with van der Waals surface area (Å²) in [6.07, 6.45) is 4.09. The van der Waals surface area contributed by atoms with Gasteiger partial charge in [-0.25, -0.2) is 23.9 Å². The van der Waals surface area contributed by atoms with Gasteiger partial charge in [-0.1, -0.05) is 0 Å². The Kier molecular flexibility index (Phi) is 5.15. The summed E-state index contributed by atoms with van der Waals surface area (Å²) in [5.74, 6) is -1.96. The second-order valence-electron chi connectivity index (χ2n) is 6.58. The molecule has 0 aliphatic rings. The van der Waals surface area contributed by atoms with E-state index in [-0.39, 0.29) is 33.4 Å². The van der Waals surface area contributed by atoms with Gasteiger partial charge in [0.25, 0.3) is 5.56 Å². The van der Waals surface area contributed by atoms with Gasteiger partial charge < -0.3 is 14.2 Å². The fraction of sp³-hybridized carbons (Fsp3) is 0.143. The first-order chi connectivity index (χ1) is 15.4. The number of fused-ring (bicyclic) bond motifs is 3. The number of nitrogens with zero attached hydrogens (tertiary/aromatic N) is 4. The molecule has 0 N–H and O–H groups in total. The number of esters is 3. The maximum atomic E-state index is 13.2. The van der Waals surface area contributed by atoms with Gasteiger partial charge in [0.05, 0.1) is 55.2 Å². The van der Waals surface area contributed by atoms with E-state index in [2.05, 4.69) is 10.1 Å². The Hall–Kier alpha value is -4.54. The van der Waals surface area contributed by atoms with Crippen molar-refractivity contribution in [3.8, 4) is 5.69 Å². The van der Waals surface area contributed by atoms with Crippen molar-refractivity contribution in [1.82, 2.24) is 19.2 Å². The Morgan fingerprint density at radius 3 is 2.09 bits per heavy atom. The molecule has 3 heterocycles. The van der Waals surface area contributed by atoms with Crippen molar-refractivity contribution in [1.29, 1.82) is 0 Å². The number of carbonyl (C=O) groups is 3. The molecule has 4 aromatic rings. The fourth-order valence-electron chi connectivity index (χ4n) is 3.30. The van der Waals surface area contributed by atoms with Crippen LogP contribution in [0.2, 0.25) is 0 Å². The number of methoxy groups -OCH3 is 3. The third kappa shape index (κ3) is 3.25. The van der Waals surface area contributed by atoms with Crippen molar-refractivity contribution >= 4 is 34.5 Å². The molecule has 0 aliphatic carbocycles. The smallest absolute Gasteiger partial charge is 0.343 e. The minimum atomic E-state index is -0.680. The van der Waals surface area contributed by atoms with Crippen LogP contribution in [0.5, 0.6) is 0 Å². The first-order valence-corrected chi connectivity index (χ1v) is 9.18. The Balaban J connectivity index is 1.94. The lowest BCUT2D eigenvalue weighted by atomic mass is 10.1. The third-order valence-electron chi connectivity index (χ3n) is 4.84. The van der Waals surface area contributed by atoms with Gasteiger partial charge in [-0.2, -0.15) is 5.10 Å². The molecule has 0 bridgehead atoms. The van der Waals surface area contributed by atoms with Crippen molar-refractivity contribution < 1.29 is 28.6 Å². The highest BCUT2D eigenvalue weighted by Gasteiger charge is 2.19. The molecule has 11 heteroatoms. The molecular formula is C21H16N4O7. The van der Waals surface area contributed by atoms with Crippen LogP contribution in [0.4, 0.5) is 0 Å². The first kappa shape index (κ1) is 20.7. The van der Waals surface area contributed by atoms with E-state index in [9.17, 15) is 19.2 Å². The Labute approximate surface area is 179 Å². The average molecular weight is 436 g/mol. The third-order valence-corrected chi connectivity index (χ3v) is 4.84. The van der Waals surface area contributed by atoms with Gasteiger partial charge in [0.1, 0.15) is 5.56 Å². The molecule has 0 fully saturated rings. The van der Waals surface area contributed by atoms with Crippen LogP contribution in [-0.2, 0) is 14.2 Å². The predicted molar refractivity (Wildman–Crippen MR) is 110 cm³/mol. The lowest BCUT2D eigenvalue weighted by Crippen LogP contribution is -2.20. The zero-order chi connectivity index (χ0) is 23.0. The minimum Gasteiger partial charge on any atom is -0.465 e. The number of pyridine rings is 1. The maximum absolute atomic E-state index is 13.2. The van der Waals surface area contributed by atoms with Gasteiger partial charge in [0, 0.05) is 12.4 Å². The minimum absolute atomic E-state index is 0.0702. The molecule has 0 radical (unpaired) electrons.